The van der Waals surface area contributed by atoms with Crippen molar-refractivity contribution in [3.05, 3.63) is 47.3 Å². The number of nitrogens with one attached hydrogen (secondary N) is 2. The Bertz CT molecular complexity index is 692. The Labute approximate surface area is 135 Å². The Balaban J connectivity index is 2.08. The van der Waals surface area contributed by atoms with Crippen molar-refractivity contribution in [1.29, 1.82) is 0 Å². The maximum absolute atomic E-state index is 12.0. The number of para-hydroxylation sites is 1. The molecule has 23 heavy (non-hydrogen) atoms. The van der Waals surface area contributed by atoms with Crippen molar-refractivity contribution < 1.29 is 9.59 Å². The second-order valence-corrected chi connectivity index (χ2v) is 5.30. The summed E-state index contributed by atoms with van der Waals surface area (Å²) in [5.41, 5.74) is 3.60. The number of likely N-dealkylation sites (N-methyl/N-ethyl adjacent to an activating group) is 1. The molecule has 0 saturated carbocycles. The van der Waals surface area contributed by atoms with Gasteiger partial charge in [0.15, 0.2) is 0 Å². The molecular formula is C17H22N4O2. The number of carbonyl (C=O) groups is 2. The number of carbonyl (C=O) groups excluding carboxylic acids is 2. The van der Waals surface area contributed by atoms with Crippen LogP contribution in [-0.2, 0) is 16.0 Å². The molecule has 1 aromatic carbocycles. The molecule has 0 spiro atoms. The highest BCUT2D eigenvalue weighted by molar-refractivity contribution is 5.85. The molecule has 0 radical (unpaired) electrons. The van der Waals surface area contributed by atoms with E-state index in [4.69, 9.17) is 0 Å². The van der Waals surface area contributed by atoms with E-state index in [2.05, 4.69) is 15.7 Å². The van der Waals surface area contributed by atoms with Gasteiger partial charge in [0.25, 0.3) is 0 Å². The molecular weight excluding hydrogens is 292 g/mol. The van der Waals surface area contributed by atoms with Crippen molar-refractivity contribution in [1.82, 2.24) is 20.4 Å². The summed E-state index contributed by atoms with van der Waals surface area (Å²) in [4.78, 5) is 23.4. The zero-order chi connectivity index (χ0) is 16.8. The summed E-state index contributed by atoms with van der Waals surface area (Å²) in [6.45, 7) is 6.22. The minimum atomic E-state index is -0.186. The lowest BCUT2D eigenvalue weighted by atomic mass is 10.1. The van der Waals surface area contributed by atoms with Crippen LogP contribution in [0.2, 0.25) is 0 Å². The van der Waals surface area contributed by atoms with Crippen LogP contribution in [0.15, 0.2) is 30.3 Å². The van der Waals surface area contributed by atoms with E-state index in [1.807, 2.05) is 55.8 Å². The first kappa shape index (κ1) is 16.7. The fourth-order valence-corrected chi connectivity index (χ4v) is 2.41. The summed E-state index contributed by atoms with van der Waals surface area (Å²) in [5.74, 6) is -0.371. The number of rotatable bonds is 6. The van der Waals surface area contributed by atoms with Gasteiger partial charge in [-0.05, 0) is 32.9 Å². The van der Waals surface area contributed by atoms with Gasteiger partial charge in [-0.25, -0.2) is 4.68 Å². The predicted octanol–water partition coefficient (Wildman–Crippen LogP) is 1.28. The quantitative estimate of drug-likeness (QED) is 0.843. The lowest BCUT2D eigenvalue weighted by Crippen LogP contribution is -2.37. The summed E-state index contributed by atoms with van der Waals surface area (Å²) < 4.78 is 1.84. The van der Waals surface area contributed by atoms with E-state index in [-0.39, 0.29) is 24.8 Å². The lowest BCUT2D eigenvalue weighted by Gasteiger charge is -2.07. The first-order valence-electron chi connectivity index (χ1n) is 7.66. The third-order valence-electron chi connectivity index (χ3n) is 3.60. The van der Waals surface area contributed by atoms with E-state index in [9.17, 15) is 9.59 Å². The predicted molar refractivity (Wildman–Crippen MR) is 88.4 cm³/mol. The topological polar surface area (TPSA) is 76.0 Å². The highest BCUT2D eigenvalue weighted by Gasteiger charge is 2.16. The maximum atomic E-state index is 12.0. The van der Waals surface area contributed by atoms with Gasteiger partial charge >= 0.3 is 0 Å². The molecule has 0 aliphatic carbocycles. The Morgan fingerprint density at radius 2 is 1.78 bits per heavy atom. The molecule has 0 fully saturated rings. The van der Waals surface area contributed by atoms with Crippen LogP contribution in [-0.4, -0.2) is 34.7 Å². The van der Waals surface area contributed by atoms with E-state index in [0.29, 0.717) is 6.54 Å². The van der Waals surface area contributed by atoms with Crippen LogP contribution in [0.25, 0.3) is 5.69 Å². The van der Waals surface area contributed by atoms with Crippen molar-refractivity contribution >= 4 is 11.8 Å². The minimum absolute atomic E-state index is 0.00239. The average Bonchev–Trinajstić information content (AvgIpc) is 2.82. The number of aryl methyl sites for hydroxylation is 1. The van der Waals surface area contributed by atoms with Crippen molar-refractivity contribution in [3.63, 3.8) is 0 Å². The van der Waals surface area contributed by atoms with Crippen molar-refractivity contribution in [2.24, 2.45) is 0 Å². The Morgan fingerprint density at radius 3 is 2.43 bits per heavy atom. The van der Waals surface area contributed by atoms with E-state index in [0.717, 1.165) is 22.6 Å². The fourth-order valence-electron chi connectivity index (χ4n) is 2.41. The third kappa shape index (κ3) is 4.18. The highest BCUT2D eigenvalue weighted by Crippen LogP contribution is 2.18. The molecule has 6 nitrogen and oxygen atoms in total. The number of nitrogens with zero attached hydrogens (tertiary/aromatic N) is 2. The number of hydrogen-bond donors (Lipinski definition) is 2. The monoisotopic (exact) mass is 314 g/mol. The molecule has 2 N–H and O–H groups in total. The lowest BCUT2D eigenvalue weighted by molar-refractivity contribution is -0.125. The summed E-state index contributed by atoms with van der Waals surface area (Å²) in [6, 6.07) is 9.79. The molecule has 0 atom stereocenters. The van der Waals surface area contributed by atoms with Crippen molar-refractivity contribution in [3.8, 4) is 5.69 Å². The van der Waals surface area contributed by atoms with Gasteiger partial charge in [-0.3, -0.25) is 9.59 Å². The van der Waals surface area contributed by atoms with Crippen LogP contribution in [0.3, 0.4) is 0 Å². The largest absolute Gasteiger partial charge is 0.355 e. The SMILES string of the molecule is CCNC(=O)CNC(=O)Cc1c(C)nn(-c2ccccc2)c1C. The third-order valence-corrected chi connectivity index (χ3v) is 3.60. The Kier molecular flexibility index (Phi) is 5.51. The number of amides is 2. The van der Waals surface area contributed by atoms with Gasteiger partial charge in [-0.2, -0.15) is 5.10 Å². The molecule has 6 heteroatoms. The number of aromatic nitrogens is 2. The molecule has 122 valence electrons. The summed E-state index contributed by atoms with van der Waals surface area (Å²) >= 11 is 0. The van der Waals surface area contributed by atoms with Gasteiger partial charge < -0.3 is 10.6 Å². The Morgan fingerprint density at radius 1 is 1.09 bits per heavy atom. The second kappa shape index (κ2) is 7.58. The average molecular weight is 314 g/mol. The van der Waals surface area contributed by atoms with Crippen LogP contribution < -0.4 is 10.6 Å². The van der Waals surface area contributed by atoms with Gasteiger partial charge in [0.2, 0.25) is 11.8 Å². The van der Waals surface area contributed by atoms with E-state index < -0.39 is 0 Å². The van der Waals surface area contributed by atoms with Gasteiger partial charge in [0, 0.05) is 17.8 Å². The molecule has 0 unspecified atom stereocenters. The van der Waals surface area contributed by atoms with Crippen molar-refractivity contribution in [2.45, 2.75) is 27.2 Å². The molecule has 0 aliphatic rings. The smallest absolute Gasteiger partial charge is 0.239 e. The minimum Gasteiger partial charge on any atom is -0.355 e. The van der Waals surface area contributed by atoms with Gasteiger partial charge in [0.05, 0.1) is 24.3 Å². The van der Waals surface area contributed by atoms with Gasteiger partial charge in [-0.1, -0.05) is 18.2 Å². The second-order valence-electron chi connectivity index (χ2n) is 5.30. The van der Waals surface area contributed by atoms with Crippen LogP contribution in [0.1, 0.15) is 23.9 Å². The first-order valence-corrected chi connectivity index (χ1v) is 7.66. The maximum Gasteiger partial charge on any atom is 0.239 e. The normalized spacial score (nSPS) is 10.4. The standard InChI is InChI=1S/C17H22N4O2/c1-4-18-17(23)11-19-16(22)10-15-12(2)20-21(13(15)3)14-8-6-5-7-9-14/h5-9H,4,10-11H2,1-3H3,(H,18,23)(H,19,22). The summed E-state index contributed by atoms with van der Waals surface area (Å²) in [6.07, 6.45) is 0.212. The zero-order valence-corrected chi connectivity index (χ0v) is 13.7. The van der Waals surface area contributed by atoms with E-state index in [1.54, 1.807) is 0 Å². The van der Waals surface area contributed by atoms with Crippen LogP contribution >= 0.6 is 0 Å². The molecule has 1 aromatic heterocycles. The summed E-state index contributed by atoms with van der Waals surface area (Å²) in [5, 5.41) is 9.79. The van der Waals surface area contributed by atoms with Crippen molar-refractivity contribution in [2.75, 3.05) is 13.1 Å². The highest BCUT2D eigenvalue weighted by atomic mass is 16.2. The molecule has 2 rings (SSSR count). The zero-order valence-electron chi connectivity index (χ0n) is 13.7. The van der Waals surface area contributed by atoms with E-state index in [1.165, 1.54) is 0 Å². The van der Waals surface area contributed by atoms with Crippen LogP contribution in [0.5, 0.6) is 0 Å². The van der Waals surface area contributed by atoms with Gasteiger partial charge in [-0.15, -0.1) is 0 Å². The fraction of sp³-hybridized carbons (Fsp3) is 0.353. The summed E-state index contributed by atoms with van der Waals surface area (Å²) in [7, 11) is 0. The van der Waals surface area contributed by atoms with Crippen LogP contribution in [0.4, 0.5) is 0 Å². The molecule has 1 heterocycles. The first-order chi connectivity index (χ1) is 11.0. The number of benzene rings is 1. The Hall–Kier alpha value is -2.63. The van der Waals surface area contributed by atoms with E-state index >= 15 is 0 Å². The molecule has 2 aromatic rings. The molecule has 2 amide bonds. The molecule has 0 bridgehead atoms. The van der Waals surface area contributed by atoms with Gasteiger partial charge in [0.1, 0.15) is 0 Å². The molecule has 0 aliphatic heterocycles. The number of hydrogen-bond acceptors (Lipinski definition) is 3. The molecule has 0 saturated heterocycles. The van der Waals surface area contributed by atoms with Crippen LogP contribution in [0, 0.1) is 13.8 Å².